The zero-order chi connectivity index (χ0) is 10.9. The number of hydrogen-bond donors (Lipinski definition) is 1. The quantitative estimate of drug-likeness (QED) is 0.733. The van der Waals surface area contributed by atoms with Gasteiger partial charge in [0.2, 0.25) is 0 Å². The van der Waals surface area contributed by atoms with Crippen LogP contribution in [0.5, 0.6) is 5.75 Å². The molecule has 0 heterocycles. The van der Waals surface area contributed by atoms with E-state index in [2.05, 4.69) is 0 Å². The molecule has 0 atom stereocenters. The van der Waals surface area contributed by atoms with E-state index < -0.39 is 11.4 Å². The molecular formula is C10H13ClFNO. The molecule has 0 aromatic heterocycles. The van der Waals surface area contributed by atoms with Crippen LogP contribution >= 0.6 is 11.6 Å². The number of nitrogen functional groups attached to an aromatic ring is 1. The summed E-state index contributed by atoms with van der Waals surface area (Å²) in [4.78, 5) is 0. The fraction of sp³-hybridized carbons (Fsp3) is 0.400. The van der Waals surface area contributed by atoms with Gasteiger partial charge in [-0.2, -0.15) is 0 Å². The molecule has 0 spiro atoms. The van der Waals surface area contributed by atoms with Gasteiger partial charge in [0.15, 0.2) is 11.6 Å². The lowest BCUT2D eigenvalue weighted by atomic mass is 10.2. The molecule has 0 saturated carbocycles. The molecule has 1 aromatic rings. The van der Waals surface area contributed by atoms with Gasteiger partial charge in [-0.3, -0.25) is 0 Å². The fourth-order valence-corrected chi connectivity index (χ4v) is 1.21. The Morgan fingerprint density at radius 3 is 2.36 bits per heavy atom. The van der Waals surface area contributed by atoms with E-state index in [0.717, 1.165) is 0 Å². The monoisotopic (exact) mass is 217 g/mol. The van der Waals surface area contributed by atoms with Crippen LogP contribution in [-0.4, -0.2) is 5.60 Å². The van der Waals surface area contributed by atoms with Gasteiger partial charge in [0.25, 0.3) is 0 Å². The van der Waals surface area contributed by atoms with E-state index in [1.807, 2.05) is 20.8 Å². The number of halogens is 2. The standard InChI is InChI=1S/C10H13ClFNO/c1-10(2,3)14-9-7(12)4-6(11)5-8(9)13/h4-5H,13H2,1-3H3. The Morgan fingerprint density at radius 2 is 1.93 bits per heavy atom. The van der Waals surface area contributed by atoms with Crippen LogP contribution in [0.4, 0.5) is 10.1 Å². The van der Waals surface area contributed by atoms with Crippen molar-refractivity contribution >= 4 is 17.3 Å². The van der Waals surface area contributed by atoms with Crippen LogP contribution in [0.25, 0.3) is 0 Å². The highest BCUT2D eigenvalue weighted by atomic mass is 35.5. The summed E-state index contributed by atoms with van der Waals surface area (Å²) in [5.74, 6) is -0.480. The van der Waals surface area contributed by atoms with Crippen molar-refractivity contribution in [1.82, 2.24) is 0 Å². The van der Waals surface area contributed by atoms with Gasteiger partial charge in [-0.25, -0.2) is 4.39 Å². The summed E-state index contributed by atoms with van der Waals surface area (Å²) in [6.45, 7) is 5.46. The molecule has 4 heteroatoms. The van der Waals surface area contributed by atoms with E-state index in [9.17, 15) is 4.39 Å². The van der Waals surface area contributed by atoms with E-state index in [4.69, 9.17) is 22.1 Å². The molecule has 0 aliphatic heterocycles. The largest absolute Gasteiger partial charge is 0.483 e. The molecule has 0 bridgehead atoms. The van der Waals surface area contributed by atoms with E-state index >= 15 is 0 Å². The van der Waals surface area contributed by atoms with Crippen molar-refractivity contribution in [1.29, 1.82) is 0 Å². The lowest BCUT2D eigenvalue weighted by molar-refractivity contribution is 0.125. The van der Waals surface area contributed by atoms with Crippen molar-refractivity contribution < 1.29 is 9.13 Å². The second-order valence-corrected chi connectivity index (χ2v) is 4.46. The highest BCUT2D eigenvalue weighted by Gasteiger charge is 2.17. The zero-order valence-electron chi connectivity index (χ0n) is 8.40. The molecular weight excluding hydrogens is 205 g/mol. The first-order chi connectivity index (χ1) is 6.29. The van der Waals surface area contributed by atoms with Crippen molar-refractivity contribution in [3.8, 4) is 5.75 Å². The van der Waals surface area contributed by atoms with Crippen LogP contribution in [0.1, 0.15) is 20.8 Å². The Hall–Kier alpha value is -0.960. The number of rotatable bonds is 1. The van der Waals surface area contributed by atoms with Crippen LogP contribution in [0.15, 0.2) is 12.1 Å². The van der Waals surface area contributed by atoms with Gasteiger partial charge in [-0.1, -0.05) is 11.6 Å². The predicted molar refractivity (Wildman–Crippen MR) is 56.2 cm³/mol. The molecule has 2 N–H and O–H groups in total. The third-order valence-corrected chi connectivity index (χ3v) is 1.66. The van der Waals surface area contributed by atoms with Crippen LogP contribution in [0.2, 0.25) is 5.02 Å². The van der Waals surface area contributed by atoms with Crippen molar-refractivity contribution in [2.75, 3.05) is 5.73 Å². The second-order valence-electron chi connectivity index (χ2n) is 4.02. The normalized spacial score (nSPS) is 11.5. The van der Waals surface area contributed by atoms with E-state index in [1.165, 1.54) is 12.1 Å². The minimum absolute atomic E-state index is 0.0573. The molecule has 1 aromatic carbocycles. The number of ether oxygens (including phenoxy) is 1. The summed E-state index contributed by atoms with van der Waals surface area (Å²) in [7, 11) is 0. The maximum absolute atomic E-state index is 13.4. The summed E-state index contributed by atoms with van der Waals surface area (Å²) in [5.41, 5.74) is 5.31. The Labute approximate surface area is 87.8 Å². The van der Waals surface area contributed by atoms with Crippen LogP contribution in [-0.2, 0) is 0 Å². The lowest BCUT2D eigenvalue weighted by Crippen LogP contribution is -2.24. The Kier molecular flexibility index (Phi) is 2.90. The molecule has 0 saturated heterocycles. The summed E-state index contributed by atoms with van der Waals surface area (Å²) in [6.07, 6.45) is 0. The summed E-state index contributed by atoms with van der Waals surface area (Å²) in [6, 6.07) is 2.64. The van der Waals surface area contributed by atoms with Gasteiger partial charge in [0.05, 0.1) is 5.69 Å². The Bertz CT molecular complexity index is 323. The minimum atomic E-state index is -0.537. The van der Waals surface area contributed by atoms with Crippen molar-refractivity contribution in [3.05, 3.63) is 23.0 Å². The molecule has 14 heavy (non-hydrogen) atoms. The maximum atomic E-state index is 13.4. The number of nitrogens with two attached hydrogens (primary N) is 1. The third kappa shape index (κ3) is 2.77. The van der Waals surface area contributed by atoms with Crippen LogP contribution in [0.3, 0.4) is 0 Å². The predicted octanol–water partition coefficient (Wildman–Crippen LogP) is 3.24. The molecule has 2 nitrogen and oxygen atoms in total. The van der Waals surface area contributed by atoms with Crippen molar-refractivity contribution in [2.45, 2.75) is 26.4 Å². The van der Waals surface area contributed by atoms with Crippen molar-refractivity contribution in [2.24, 2.45) is 0 Å². The van der Waals surface area contributed by atoms with Crippen LogP contribution in [0, 0.1) is 5.82 Å². The Balaban J connectivity index is 3.09. The molecule has 0 aliphatic carbocycles. The third-order valence-electron chi connectivity index (χ3n) is 1.45. The van der Waals surface area contributed by atoms with Gasteiger partial charge in [0.1, 0.15) is 5.60 Å². The highest BCUT2D eigenvalue weighted by molar-refractivity contribution is 6.30. The minimum Gasteiger partial charge on any atom is -0.483 e. The second kappa shape index (κ2) is 3.65. The van der Waals surface area contributed by atoms with E-state index in [1.54, 1.807) is 0 Å². The fourth-order valence-electron chi connectivity index (χ4n) is 0.994. The molecule has 0 unspecified atom stereocenters. The number of anilines is 1. The smallest absolute Gasteiger partial charge is 0.178 e. The summed E-state index contributed by atoms with van der Waals surface area (Å²) < 4.78 is 18.7. The van der Waals surface area contributed by atoms with Gasteiger partial charge >= 0.3 is 0 Å². The van der Waals surface area contributed by atoms with E-state index in [0.29, 0.717) is 0 Å². The first kappa shape index (κ1) is 11.1. The highest BCUT2D eigenvalue weighted by Crippen LogP contribution is 2.31. The summed E-state index contributed by atoms with van der Waals surface area (Å²) >= 11 is 5.62. The molecule has 0 amide bonds. The maximum Gasteiger partial charge on any atom is 0.178 e. The first-order valence-electron chi connectivity index (χ1n) is 4.23. The van der Waals surface area contributed by atoms with Crippen molar-refractivity contribution in [3.63, 3.8) is 0 Å². The molecule has 0 aliphatic rings. The van der Waals surface area contributed by atoms with Gasteiger partial charge in [0, 0.05) is 5.02 Å². The number of hydrogen-bond acceptors (Lipinski definition) is 2. The van der Waals surface area contributed by atoms with Crippen LogP contribution < -0.4 is 10.5 Å². The topological polar surface area (TPSA) is 35.2 Å². The molecule has 0 radical (unpaired) electrons. The Morgan fingerprint density at radius 1 is 1.36 bits per heavy atom. The van der Waals surface area contributed by atoms with E-state index in [-0.39, 0.29) is 16.5 Å². The molecule has 1 rings (SSSR count). The zero-order valence-corrected chi connectivity index (χ0v) is 9.15. The lowest BCUT2D eigenvalue weighted by Gasteiger charge is -2.22. The first-order valence-corrected chi connectivity index (χ1v) is 4.61. The number of benzene rings is 1. The van der Waals surface area contributed by atoms with Gasteiger partial charge in [-0.15, -0.1) is 0 Å². The molecule has 0 fully saturated rings. The van der Waals surface area contributed by atoms with Gasteiger partial charge < -0.3 is 10.5 Å². The van der Waals surface area contributed by atoms with Gasteiger partial charge in [-0.05, 0) is 32.9 Å². The molecule has 78 valence electrons. The summed E-state index contributed by atoms with van der Waals surface area (Å²) in [5, 5.41) is 0.265. The average Bonchev–Trinajstić information content (AvgIpc) is 1.95. The SMILES string of the molecule is CC(C)(C)Oc1c(N)cc(Cl)cc1F. The average molecular weight is 218 g/mol.